The predicted molar refractivity (Wildman–Crippen MR) is 125 cm³/mol. The van der Waals surface area contributed by atoms with Crippen LogP contribution in [0.15, 0.2) is 54.2 Å². The van der Waals surface area contributed by atoms with Gasteiger partial charge in [-0.1, -0.05) is 18.2 Å². The number of ether oxygens (including phenoxy) is 2. The van der Waals surface area contributed by atoms with Crippen LogP contribution in [-0.2, 0) is 4.79 Å². The van der Waals surface area contributed by atoms with Crippen LogP contribution in [0.1, 0.15) is 24.1 Å². The lowest BCUT2D eigenvalue weighted by Crippen LogP contribution is -2.44. The molecule has 1 heterocycles. The summed E-state index contributed by atoms with van der Waals surface area (Å²) in [5, 5.41) is 12.5. The van der Waals surface area contributed by atoms with Gasteiger partial charge in [-0.3, -0.25) is 4.79 Å². The lowest BCUT2D eigenvalue weighted by atomic mass is 10.1. The lowest BCUT2D eigenvalue weighted by Gasteiger charge is -2.35. The van der Waals surface area contributed by atoms with E-state index < -0.39 is 5.91 Å². The lowest BCUT2D eigenvalue weighted by molar-refractivity contribution is -0.117. The van der Waals surface area contributed by atoms with Crippen LogP contribution in [0.2, 0.25) is 0 Å². The van der Waals surface area contributed by atoms with Crippen molar-refractivity contribution in [1.29, 1.82) is 5.26 Å². The topological polar surface area (TPSA) is 77.8 Å². The smallest absolute Gasteiger partial charge is 0.263 e. The average molecular weight is 435 g/mol. The number of nitriles is 1. The van der Waals surface area contributed by atoms with Crippen molar-refractivity contribution in [3.63, 3.8) is 0 Å². The van der Waals surface area contributed by atoms with Gasteiger partial charge in [0, 0.05) is 38.1 Å². The molecule has 7 nitrogen and oxygen atoms in total. The number of rotatable bonds is 7. The van der Waals surface area contributed by atoms with Crippen molar-refractivity contribution in [2.45, 2.75) is 19.9 Å². The molecule has 1 unspecified atom stereocenters. The zero-order chi connectivity index (χ0) is 23.1. The number of benzene rings is 2. The van der Waals surface area contributed by atoms with E-state index in [2.05, 4.69) is 41.4 Å². The van der Waals surface area contributed by atoms with Crippen molar-refractivity contribution in [2.75, 3.05) is 45.3 Å². The fourth-order valence-electron chi connectivity index (χ4n) is 3.73. The molecule has 0 bridgehead atoms. The van der Waals surface area contributed by atoms with Gasteiger partial charge in [-0.2, -0.15) is 5.26 Å². The fraction of sp³-hybridized carbons (Fsp3) is 0.360. The summed E-state index contributed by atoms with van der Waals surface area (Å²) in [6.45, 7) is 7.12. The first kappa shape index (κ1) is 23.0. The molecular formula is C25H30N4O3. The van der Waals surface area contributed by atoms with Crippen molar-refractivity contribution in [2.24, 2.45) is 0 Å². The molecule has 2 aromatic rings. The van der Waals surface area contributed by atoms with Gasteiger partial charge in [0.15, 0.2) is 11.5 Å². The Morgan fingerprint density at radius 2 is 1.81 bits per heavy atom. The number of piperazine rings is 1. The molecule has 32 heavy (non-hydrogen) atoms. The summed E-state index contributed by atoms with van der Waals surface area (Å²) in [4.78, 5) is 17.1. The van der Waals surface area contributed by atoms with E-state index in [1.165, 1.54) is 11.3 Å². The fourth-order valence-corrected chi connectivity index (χ4v) is 3.73. The number of nitrogens with zero attached hydrogens (tertiary/aromatic N) is 3. The number of carbonyl (C=O) groups excluding carboxylic acids is 1. The molecule has 1 fully saturated rings. The van der Waals surface area contributed by atoms with Crippen LogP contribution >= 0.6 is 0 Å². The van der Waals surface area contributed by atoms with Gasteiger partial charge in [-0.15, -0.1) is 0 Å². The van der Waals surface area contributed by atoms with E-state index in [-0.39, 0.29) is 11.6 Å². The standard InChI is InChI=1S/C25H30N4O3/c1-18-6-5-7-22(14-18)29-12-10-28(11-13-29)17-21(16-26)25(30)27-19(2)20-8-9-23(31-3)24(15-20)32-4/h5-9,14-15,17,19H,10-13H2,1-4H3,(H,27,30)/b21-17-. The quantitative estimate of drug-likeness (QED) is 0.532. The van der Waals surface area contributed by atoms with Crippen molar-refractivity contribution < 1.29 is 14.3 Å². The zero-order valence-corrected chi connectivity index (χ0v) is 19.1. The molecular weight excluding hydrogens is 404 g/mol. The molecule has 2 aromatic carbocycles. The van der Waals surface area contributed by atoms with E-state index in [1.807, 2.05) is 30.0 Å². The van der Waals surface area contributed by atoms with Crippen molar-refractivity contribution in [1.82, 2.24) is 10.2 Å². The summed E-state index contributed by atoms with van der Waals surface area (Å²) in [6.07, 6.45) is 1.67. The first-order valence-corrected chi connectivity index (χ1v) is 10.7. The molecule has 0 radical (unpaired) electrons. The maximum Gasteiger partial charge on any atom is 0.263 e. The number of hydrogen-bond acceptors (Lipinski definition) is 6. The van der Waals surface area contributed by atoms with E-state index in [0.29, 0.717) is 11.5 Å². The Morgan fingerprint density at radius 1 is 1.09 bits per heavy atom. The van der Waals surface area contributed by atoms with Gasteiger partial charge < -0.3 is 24.6 Å². The summed E-state index contributed by atoms with van der Waals surface area (Å²) < 4.78 is 10.6. The Kier molecular flexibility index (Phi) is 7.61. The molecule has 1 aliphatic rings. The van der Waals surface area contributed by atoms with Gasteiger partial charge >= 0.3 is 0 Å². The second-order valence-electron chi connectivity index (χ2n) is 7.83. The Labute approximate surface area is 189 Å². The van der Waals surface area contributed by atoms with E-state index in [4.69, 9.17) is 9.47 Å². The van der Waals surface area contributed by atoms with Crippen LogP contribution in [0.25, 0.3) is 0 Å². The van der Waals surface area contributed by atoms with Crippen LogP contribution in [-0.4, -0.2) is 51.2 Å². The number of carbonyl (C=O) groups is 1. The summed E-state index contributed by atoms with van der Waals surface area (Å²) in [5.41, 5.74) is 3.40. The molecule has 0 saturated carbocycles. The molecule has 1 amide bonds. The molecule has 1 aliphatic heterocycles. The summed E-state index contributed by atoms with van der Waals surface area (Å²) >= 11 is 0. The highest BCUT2D eigenvalue weighted by atomic mass is 16.5. The number of amides is 1. The number of aryl methyl sites for hydroxylation is 1. The van der Waals surface area contributed by atoms with E-state index >= 15 is 0 Å². The number of anilines is 1. The molecule has 0 spiro atoms. The average Bonchev–Trinajstić information content (AvgIpc) is 2.82. The number of nitrogens with one attached hydrogen (secondary N) is 1. The summed E-state index contributed by atoms with van der Waals surface area (Å²) in [7, 11) is 3.15. The maximum absolute atomic E-state index is 12.7. The first-order valence-electron chi connectivity index (χ1n) is 10.7. The Hall–Kier alpha value is -3.66. The first-order chi connectivity index (χ1) is 15.4. The molecule has 7 heteroatoms. The molecule has 1 N–H and O–H groups in total. The molecule has 1 saturated heterocycles. The second-order valence-corrected chi connectivity index (χ2v) is 7.83. The highest BCUT2D eigenvalue weighted by Gasteiger charge is 2.19. The van der Waals surface area contributed by atoms with Crippen LogP contribution in [0, 0.1) is 18.3 Å². The summed E-state index contributed by atoms with van der Waals surface area (Å²) in [6, 6.07) is 15.7. The number of hydrogen-bond donors (Lipinski definition) is 1. The largest absolute Gasteiger partial charge is 0.493 e. The highest BCUT2D eigenvalue weighted by Crippen LogP contribution is 2.30. The van der Waals surface area contributed by atoms with Gasteiger partial charge in [0.25, 0.3) is 5.91 Å². The van der Waals surface area contributed by atoms with Gasteiger partial charge in [-0.05, 0) is 49.2 Å². The van der Waals surface area contributed by atoms with E-state index in [0.717, 1.165) is 31.7 Å². The third-order valence-electron chi connectivity index (χ3n) is 5.61. The zero-order valence-electron chi connectivity index (χ0n) is 19.1. The SMILES string of the molecule is COc1ccc(C(C)NC(=O)/C(C#N)=C\N2CCN(c3cccc(C)c3)CC2)cc1OC. The Balaban J connectivity index is 1.61. The molecule has 0 aromatic heterocycles. The summed E-state index contributed by atoms with van der Waals surface area (Å²) in [5.74, 6) is 0.821. The van der Waals surface area contributed by atoms with Gasteiger partial charge in [0.2, 0.25) is 0 Å². The van der Waals surface area contributed by atoms with Crippen LogP contribution in [0.5, 0.6) is 11.5 Å². The minimum absolute atomic E-state index is 0.0985. The number of methoxy groups -OCH3 is 2. The minimum Gasteiger partial charge on any atom is -0.493 e. The minimum atomic E-state index is -0.393. The van der Waals surface area contributed by atoms with Crippen molar-refractivity contribution in [3.05, 3.63) is 65.4 Å². The van der Waals surface area contributed by atoms with Crippen LogP contribution in [0.4, 0.5) is 5.69 Å². The normalized spacial score (nSPS) is 15.0. The Bertz CT molecular complexity index is 1020. The Morgan fingerprint density at radius 3 is 2.44 bits per heavy atom. The van der Waals surface area contributed by atoms with Gasteiger partial charge in [0.05, 0.1) is 20.3 Å². The van der Waals surface area contributed by atoms with Crippen LogP contribution < -0.4 is 19.7 Å². The highest BCUT2D eigenvalue weighted by molar-refractivity contribution is 5.97. The molecule has 168 valence electrons. The van der Waals surface area contributed by atoms with Gasteiger partial charge in [0.1, 0.15) is 11.6 Å². The monoisotopic (exact) mass is 434 g/mol. The van der Waals surface area contributed by atoms with Crippen molar-refractivity contribution in [3.8, 4) is 17.6 Å². The third kappa shape index (κ3) is 5.52. The van der Waals surface area contributed by atoms with Crippen LogP contribution in [0.3, 0.4) is 0 Å². The molecule has 1 atom stereocenters. The van der Waals surface area contributed by atoms with Gasteiger partial charge in [-0.25, -0.2) is 0 Å². The third-order valence-corrected chi connectivity index (χ3v) is 5.61. The predicted octanol–water partition coefficient (Wildman–Crippen LogP) is 3.42. The molecule has 0 aliphatic carbocycles. The van der Waals surface area contributed by atoms with E-state index in [9.17, 15) is 10.1 Å². The molecule has 3 rings (SSSR count). The maximum atomic E-state index is 12.7. The van der Waals surface area contributed by atoms with E-state index in [1.54, 1.807) is 26.5 Å². The second kappa shape index (κ2) is 10.6. The van der Waals surface area contributed by atoms with Crippen molar-refractivity contribution >= 4 is 11.6 Å².